The van der Waals surface area contributed by atoms with Crippen molar-refractivity contribution >= 4 is 5.82 Å². The van der Waals surface area contributed by atoms with Crippen molar-refractivity contribution < 1.29 is 9.26 Å². The van der Waals surface area contributed by atoms with Crippen LogP contribution in [0.5, 0.6) is 5.88 Å². The van der Waals surface area contributed by atoms with E-state index in [9.17, 15) is 0 Å². The van der Waals surface area contributed by atoms with E-state index >= 15 is 0 Å². The lowest BCUT2D eigenvalue weighted by Gasteiger charge is -2.10. The summed E-state index contributed by atoms with van der Waals surface area (Å²) in [6, 6.07) is 1.78. The molecule has 0 bridgehead atoms. The quantitative estimate of drug-likeness (QED) is 0.892. The van der Waals surface area contributed by atoms with E-state index < -0.39 is 0 Å². The molecule has 0 saturated carbocycles. The Bertz CT molecular complexity index is 532. The maximum absolute atomic E-state index is 5.52. The average molecular weight is 262 g/mol. The predicted octanol–water partition coefficient (Wildman–Crippen LogP) is 2.48. The Morgan fingerprint density at radius 3 is 2.74 bits per heavy atom. The normalized spacial score (nSPS) is 10.8. The highest BCUT2D eigenvalue weighted by molar-refractivity contribution is 5.39. The SMILES string of the molecule is Cc1noc(C)c1CNc1cc(OC(C)C)ncn1. The van der Waals surface area contributed by atoms with Crippen LogP contribution in [0, 0.1) is 13.8 Å². The zero-order valence-corrected chi connectivity index (χ0v) is 11.6. The van der Waals surface area contributed by atoms with Gasteiger partial charge in [0.05, 0.1) is 11.8 Å². The minimum absolute atomic E-state index is 0.0883. The van der Waals surface area contributed by atoms with E-state index in [1.54, 1.807) is 6.07 Å². The molecule has 0 aliphatic heterocycles. The summed E-state index contributed by atoms with van der Waals surface area (Å²) in [7, 11) is 0. The van der Waals surface area contributed by atoms with Crippen molar-refractivity contribution in [1.82, 2.24) is 15.1 Å². The fourth-order valence-corrected chi connectivity index (χ4v) is 1.68. The first kappa shape index (κ1) is 13.3. The lowest BCUT2D eigenvalue weighted by atomic mass is 10.2. The van der Waals surface area contributed by atoms with Gasteiger partial charge in [-0.05, 0) is 27.7 Å². The highest BCUT2D eigenvalue weighted by Crippen LogP contribution is 2.16. The molecule has 0 fully saturated rings. The van der Waals surface area contributed by atoms with Crippen LogP contribution in [0.4, 0.5) is 5.82 Å². The molecule has 0 saturated heterocycles. The monoisotopic (exact) mass is 262 g/mol. The molecule has 6 heteroatoms. The Balaban J connectivity index is 2.03. The molecule has 1 N–H and O–H groups in total. The van der Waals surface area contributed by atoms with Gasteiger partial charge >= 0.3 is 0 Å². The summed E-state index contributed by atoms with van der Waals surface area (Å²) in [6.45, 7) is 8.34. The summed E-state index contributed by atoms with van der Waals surface area (Å²) in [6.07, 6.45) is 1.57. The van der Waals surface area contributed by atoms with Gasteiger partial charge in [0, 0.05) is 18.2 Å². The summed E-state index contributed by atoms with van der Waals surface area (Å²) < 4.78 is 10.6. The van der Waals surface area contributed by atoms with Crippen LogP contribution < -0.4 is 10.1 Å². The summed E-state index contributed by atoms with van der Waals surface area (Å²) >= 11 is 0. The van der Waals surface area contributed by atoms with Gasteiger partial charge in [0.2, 0.25) is 5.88 Å². The van der Waals surface area contributed by atoms with Gasteiger partial charge in [-0.15, -0.1) is 0 Å². The van der Waals surface area contributed by atoms with Crippen LogP contribution in [-0.4, -0.2) is 21.2 Å². The minimum Gasteiger partial charge on any atom is -0.475 e. The number of anilines is 1. The highest BCUT2D eigenvalue weighted by atomic mass is 16.5. The van der Waals surface area contributed by atoms with Crippen molar-refractivity contribution in [1.29, 1.82) is 0 Å². The molecule has 0 unspecified atom stereocenters. The molecule has 0 spiro atoms. The standard InChI is InChI=1S/C13H18N4O2/c1-8(2)18-13-5-12(15-7-16-13)14-6-11-9(3)17-19-10(11)4/h5,7-8H,6H2,1-4H3,(H,14,15,16). The van der Waals surface area contributed by atoms with Gasteiger partial charge in [0.1, 0.15) is 17.9 Å². The molecular formula is C13H18N4O2. The smallest absolute Gasteiger partial charge is 0.218 e. The van der Waals surface area contributed by atoms with Crippen molar-refractivity contribution in [2.45, 2.75) is 40.3 Å². The lowest BCUT2D eigenvalue weighted by molar-refractivity contribution is 0.232. The molecule has 19 heavy (non-hydrogen) atoms. The van der Waals surface area contributed by atoms with E-state index in [1.807, 2.05) is 27.7 Å². The third-order valence-corrected chi connectivity index (χ3v) is 2.63. The number of hydrogen-bond donors (Lipinski definition) is 1. The van der Waals surface area contributed by atoms with Crippen LogP contribution in [0.2, 0.25) is 0 Å². The first-order valence-corrected chi connectivity index (χ1v) is 6.20. The molecule has 0 aliphatic rings. The van der Waals surface area contributed by atoms with Gasteiger partial charge in [-0.25, -0.2) is 9.97 Å². The molecule has 102 valence electrons. The zero-order valence-electron chi connectivity index (χ0n) is 11.6. The molecule has 0 aromatic carbocycles. The Hall–Kier alpha value is -2.11. The first-order valence-electron chi connectivity index (χ1n) is 6.20. The van der Waals surface area contributed by atoms with Crippen LogP contribution in [0.1, 0.15) is 30.9 Å². The number of aromatic nitrogens is 3. The first-order chi connectivity index (χ1) is 9.06. The van der Waals surface area contributed by atoms with E-state index in [1.165, 1.54) is 6.33 Å². The molecule has 2 aromatic rings. The molecule has 0 amide bonds. The van der Waals surface area contributed by atoms with Gasteiger partial charge in [0.25, 0.3) is 0 Å². The molecule has 0 radical (unpaired) electrons. The topological polar surface area (TPSA) is 73.1 Å². The number of aryl methyl sites for hydroxylation is 2. The molecule has 0 aliphatic carbocycles. The largest absolute Gasteiger partial charge is 0.475 e. The second-order valence-electron chi connectivity index (χ2n) is 4.56. The van der Waals surface area contributed by atoms with Gasteiger partial charge in [-0.3, -0.25) is 0 Å². The van der Waals surface area contributed by atoms with Crippen molar-refractivity contribution in [3.8, 4) is 5.88 Å². The van der Waals surface area contributed by atoms with Gasteiger partial charge in [0.15, 0.2) is 0 Å². The van der Waals surface area contributed by atoms with Crippen LogP contribution in [0.3, 0.4) is 0 Å². The number of hydrogen-bond acceptors (Lipinski definition) is 6. The number of nitrogens with one attached hydrogen (secondary N) is 1. The zero-order chi connectivity index (χ0) is 13.8. The third-order valence-electron chi connectivity index (χ3n) is 2.63. The van der Waals surface area contributed by atoms with Crippen LogP contribution in [-0.2, 0) is 6.54 Å². The Morgan fingerprint density at radius 1 is 1.32 bits per heavy atom. The van der Waals surface area contributed by atoms with Crippen molar-refractivity contribution in [3.63, 3.8) is 0 Å². The maximum atomic E-state index is 5.52. The summed E-state index contributed by atoms with van der Waals surface area (Å²) in [4.78, 5) is 8.21. The number of rotatable bonds is 5. The predicted molar refractivity (Wildman–Crippen MR) is 71.1 cm³/mol. The molecule has 6 nitrogen and oxygen atoms in total. The van der Waals surface area contributed by atoms with E-state index in [2.05, 4.69) is 20.4 Å². The molecule has 2 heterocycles. The van der Waals surface area contributed by atoms with Crippen LogP contribution in [0.25, 0.3) is 0 Å². The fourth-order valence-electron chi connectivity index (χ4n) is 1.68. The summed E-state index contributed by atoms with van der Waals surface area (Å²) in [5, 5.41) is 7.12. The summed E-state index contributed by atoms with van der Waals surface area (Å²) in [5.41, 5.74) is 1.93. The van der Waals surface area contributed by atoms with Crippen molar-refractivity contribution in [2.75, 3.05) is 5.32 Å². The maximum Gasteiger partial charge on any atom is 0.218 e. The van der Waals surface area contributed by atoms with E-state index in [0.717, 1.165) is 17.0 Å². The molecular weight excluding hydrogens is 244 g/mol. The number of nitrogens with zero attached hydrogens (tertiary/aromatic N) is 3. The second kappa shape index (κ2) is 5.69. The minimum atomic E-state index is 0.0883. The van der Waals surface area contributed by atoms with Gasteiger partial charge in [-0.2, -0.15) is 0 Å². The van der Waals surface area contributed by atoms with E-state index in [4.69, 9.17) is 9.26 Å². The van der Waals surface area contributed by atoms with Crippen LogP contribution >= 0.6 is 0 Å². The molecule has 2 rings (SSSR count). The molecule has 2 aromatic heterocycles. The summed E-state index contributed by atoms with van der Waals surface area (Å²) in [5.74, 6) is 2.09. The van der Waals surface area contributed by atoms with Crippen molar-refractivity contribution in [2.24, 2.45) is 0 Å². The second-order valence-corrected chi connectivity index (χ2v) is 4.56. The highest BCUT2D eigenvalue weighted by Gasteiger charge is 2.09. The Kier molecular flexibility index (Phi) is 3.99. The van der Waals surface area contributed by atoms with E-state index in [-0.39, 0.29) is 6.10 Å². The Labute approximate surface area is 112 Å². The third kappa shape index (κ3) is 3.43. The Morgan fingerprint density at radius 2 is 2.11 bits per heavy atom. The van der Waals surface area contributed by atoms with E-state index in [0.29, 0.717) is 18.2 Å². The average Bonchev–Trinajstić information content (AvgIpc) is 2.66. The van der Waals surface area contributed by atoms with Crippen molar-refractivity contribution in [3.05, 3.63) is 29.4 Å². The lowest BCUT2D eigenvalue weighted by Crippen LogP contribution is -2.08. The van der Waals surface area contributed by atoms with Crippen LogP contribution in [0.15, 0.2) is 16.9 Å². The molecule has 0 atom stereocenters. The van der Waals surface area contributed by atoms with Gasteiger partial charge < -0.3 is 14.6 Å². The fraction of sp³-hybridized carbons (Fsp3) is 0.462. The van der Waals surface area contributed by atoms with Gasteiger partial charge in [-0.1, -0.05) is 5.16 Å². The number of ether oxygens (including phenoxy) is 1.